The third-order valence-electron chi connectivity index (χ3n) is 5.88. The second-order valence-corrected chi connectivity index (χ2v) is 9.80. The van der Waals surface area contributed by atoms with Crippen molar-refractivity contribution in [3.63, 3.8) is 0 Å². The minimum absolute atomic E-state index is 0.0201. The van der Waals surface area contributed by atoms with Crippen molar-refractivity contribution in [2.45, 2.75) is 45.8 Å². The van der Waals surface area contributed by atoms with Gasteiger partial charge in [-0.1, -0.05) is 51.1 Å². The molecule has 4 N–H and O–H groups in total. The van der Waals surface area contributed by atoms with E-state index in [1.165, 1.54) is 4.90 Å². The van der Waals surface area contributed by atoms with Gasteiger partial charge in [-0.25, -0.2) is 28.4 Å². The van der Waals surface area contributed by atoms with Crippen LogP contribution in [0.15, 0.2) is 54.7 Å². The van der Waals surface area contributed by atoms with Gasteiger partial charge >= 0.3 is 6.03 Å². The van der Waals surface area contributed by atoms with Crippen LogP contribution >= 0.6 is 0 Å². The Balaban J connectivity index is 2.18. The summed E-state index contributed by atoms with van der Waals surface area (Å²) in [6, 6.07) is 10.2. The molecule has 0 aliphatic carbocycles. The van der Waals surface area contributed by atoms with E-state index in [1.54, 1.807) is 16.2 Å². The van der Waals surface area contributed by atoms with Gasteiger partial charge in [0, 0.05) is 30.9 Å². The summed E-state index contributed by atoms with van der Waals surface area (Å²) in [6.45, 7) is 5.25. The second kappa shape index (κ2) is 11.6. The molecule has 0 fully saturated rings. The van der Waals surface area contributed by atoms with Gasteiger partial charge in [-0.2, -0.15) is 0 Å². The fraction of sp³-hybridized carbons (Fsp3) is 0.385. The van der Waals surface area contributed by atoms with Crippen molar-refractivity contribution < 1.29 is 23.2 Å². The van der Waals surface area contributed by atoms with Crippen LogP contribution in [-0.4, -0.2) is 45.0 Å². The Morgan fingerprint density at radius 1 is 1.19 bits per heavy atom. The summed E-state index contributed by atoms with van der Waals surface area (Å²) in [6.07, 6.45) is 1.75. The number of nitrogens with zero attached hydrogens (tertiary/aromatic N) is 3. The zero-order valence-corrected chi connectivity index (χ0v) is 20.6. The van der Waals surface area contributed by atoms with Crippen LogP contribution in [0.25, 0.3) is 11.3 Å². The Kier molecular flexibility index (Phi) is 8.75. The van der Waals surface area contributed by atoms with Crippen LogP contribution in [0.3, 0.4) is 0 Å². The number of amides is 2. The molecule has 194 valence electrons. The fourth-order valence-electron chi connectivity index (χ4n) is 4.17. The van der Waals surface area contributed by atoms with Gasteiger partial charge in [0.2, 0.25) is 0 Å². The molecule has 0 aliphatic heterocycles. The average molecular weight is 504 g/mol. The van der Waals surface area contributed by atoms with Crippen molar-refractivity contribution in [3.8, 4) is 11.3 Å². The van der Waals surface area contributed by atoms with Crippen LogP contribution in [0, 0.1) is 17.0 Å². The highest BCUT2D eigenvalue weighted by molar-refractivity contribution is 5.73. The number of imidazole rings is 1. The Labute approximate surface area is 208 Å². The standard InChI is InChI=1S/C26H32F3N5O2/c1-26(2,3)23(34(25(35)32-36)12-11-19(30)14-27)24-31-22(20-13-18(28)9-10-21(20)29)16-33(24)15-17-7-5-4-6-8-17/h4-10,13,16,19,23,36H,11-12,14-15,30H2,1-3H3,(H,32,35). The molecule has 2 aromatic carbocycles. The predicted octanol–water partition coefficient (Wildman–Crippen LogP) is 5.05. The molecule has 0 aliphatic rings. The Hall–Kier alpha value is -3.37. The Bertz CT molecular complexity index is 1160. The summed E-state index contributed by atoms with van der Waals surface area (Å²) < 4.78 is 43.5. The number of carbonyl (C=O) groups is 1. The molecule has 2 amide bonds. The topological polar surface area (TPSA) is 96.4 Å². The van der Waals surface area contributed by atoms with Crippen molar-refractivity contribution in [3.05, 3.63) is 77.8 Å². The van der Waals surface area contributed by atoms with Crippen LogP contribution in [0.5, 0.6) is 0 Å². The highest BCUT2D eigenvalue weighted by Crippen LogP contribution is 2.39. The molecule has 10 heteroatoms. The van der Waals surface area contributed by atoms with E-state index in [4.69, 9.17) is 5.73 Å². The monoisotopic (exact) mass is 503 g/mol. The average Bonchev–Trinajstić information content (AvgIpc) is 3.24. The fourth-order valence-corrected chi connectivity index (χ4v) is 4.17. The summed E-state index contributed by atoms with van der Waals surface area (Å²) in [4.78, 5) is 18.8. The highest BCUT2D eigenvalue weighted by Gasteiger charge is 2.38. The zero-order chi connectivity index (χ0) is 26.5. The first-order chi connectivity index (χ1) is 17.0. The molecule has 3 rings (SSSR count). The number of benzene rings is 2. The van der Waals surface area contributed by atoms with Gasteiger partial charge in [0.05, 0.1) is 11.7 Å². The number of carbonyl (C=O) groups excluding carboxylic acids is 1. The molecule has 0 bridgehead atoms. The van der Waals surface area contributed by atoms with Crippen LogP contribution < -0.4 is 11.2 Å². The smallest absolute Gasteiger partial charge is 0.328 e. The lowest BCUT2D eigenvalue weighted by Gasteiger charge is -2.39. The normalized spacial score (nSPS) is 13.3. The van der Waals surface area contributed by atoms with Gasteiger partial charge in [-0.3, -0.25) is 5.21 Å². The summed E-state index contributed by atoms with van der Waals surface area (Å²) >= 11 is 0. The van der Waals surface area contributed by atoms with Gasteiger partial charge < -0.3 is 15.2 Å². The first kappa shape index (κ1) is 27.2. The summed E-state index contributed by atoms with van der Waals surface area (Å²) in [5, 5.41) is 9.48. The van der Waals surface area contributed by atoms with Gasteiger partial charge in [-0.05, 0) is 35.6 Å². The lowest BCUT2D eigenvalue weighted by Crippen LogP contribution is -2.48. The number of urea groups is 1. The Morgan fingerprint density at radius 3 is 2.50 bits per heavy atom. The quantitative estimate of drug-likeness (QED) is 0.281. The number of aromatic nitrogens is 2. The van der Waals surface area contributed by atoms with Crippen LogP contribution in [0.1, 0.15) is 44.6 Å². The molecule has 0 saturated heterocycles. The van der Waals surface area contributed by atoms with E-state index >= 15 is 0 Å². The molecule has 2 atom stereocenters. The van der Waals surface area contributed by atoms with Crippen molar-refractivity contribution in [1.82, 2.24) is 19.9 Å². The van der Waals surface area contributed by atoms with E-state index in [0.717, 1.165) is 23.8 Å². The van der Waals surface area contributed by atoms with Gasteiger partial charge in [0.1, 0.15) is 24.1 Å². The maximum Gasteiger partial charge on any atom is 0.341 e. The minimum atomic E-state index is -0.811. The van der Waals surface area contributed by atoms with Gasteiger partial charge in [0.15, 0.2) is 0 Å². The predicted molar refractivity (Wildman–Crippen MR) is 131 cm³/mol. The van der Waals surface area contributed by atoms with E-state index in [0.29, 0.717) is 12.4 Å². The number of hydrogen-bond donors (Lipinski definition) is 3. The van der Waals surface area contributed by atoms with E-state index < -0.39 is 41.8 Å². The molecular weight excluding hydrogens is 471 g/mol. The molecule has 0 saturated carbocycles. The molecule has 36 heavy (non-hydrogen) atoms. The largest absolute Gasteiger partial charge is 0.341 e. The molecule has 2 unspecified atom stereocenters. The molecule has 3 aromatic rings. The lowest BCUT2D eigenvalue weighted by atomic mass is 9.84. The molecule has 7 nitrogen and oxygen atoms in total. The van der Waals surface area contributed by atoms with Crippen molar-refractivity contribution in [1.29, 1.82) is 0 Å². The van der Waals surface area contributed by atoms with Gasteiger partial charge in [-0.15, -0.1) is 0 Å². The molecule has 1 aromatic heterocycles. The number of hydrogen-bond acceptors (Lipinski definition) is 4. The zero-order valence-electron chi connectivity index (χ0n) is 20.6. The number of nitrogens with one attached hydrogen (secondary N) is 1. The third kappa shape index (κ3) is 6.44. The molecule has 0 radical (unpaired) electrons. The van der Waals surface area contributed by atoms with E-state index in [2.05, 4.69) is 4.98 Å². The first-order valence-electron chi connectivity index (χ1n) is 11.6. The SMILES string of the molecule is CC(C)(C)C(c1nc(-c2cc(F)ccc2F)cn1Cc1ccccc1)N(CCC(N)CF)C(=O)NO. The Morgan fingerprint density at radius 2 is 1.89 bits per heavy atom. The number of halogens is 3. The number of nitrogens with two attached hydrogens (primary N) is 1. The van der Waals surface area contributed by atoms with Crippen molar-refractivity contribution >= 4 is 6.03 Å². The summed E-state index contributed by atoms with van der Waals surface area (Å²) in [5.74, 6) is -0.861. The lowest BCUT2D eigenvalue weighted by molar-refractivity contribution is 0.0745. The maximum atomic E-state index is 14.7. The molecule has 0 spiro atoms. The first-order valence-corrected chi connectivity index (χ1v) is 11.6. The summed E-state index contributed by atoms with van der Waals surface area (Å²) in [5.41, 5.74) is 7.88. The van der Waals surface area contributed by atoms with E-state index in [-0.39, 0.29) is 24.2 Å². The maximum absolute atomic E-state index is 14.7. The third-order valence-corrected chi connectivity index (χ3v) is 5.88. The highest BCUT2D eigenvalue weighted by atomic mass is 19.1. The second-order valence-electron chi connectivity index (χ2n) is 9.80. The number of alkyl halides is 1. The van der Waals surface area contributed by atoms with Gasteiger partial charge in [0.25, 0.3) is 0 Å². The van der Waals surface area contributed by atoms with E-state index in [9.17, 15) is 23.2 Å². The number of rotatable bonds is 9. The van der Waals surface area contributed by atoms with E-state index in [1.807, 2.05) is 51.1 Å². The number of hydroxylamine groups is 1. The molecular formula is C26H32F3N5O2. The minimum Gasteiger partial charge on any atom is -0.328 e. The van der Waals surface area contributed by atoms with Crippen molar-refractivity contribution in [2.24, 2.45) is 11.1 Å². The summed E-state index contributed by atoms with van der Waals surface area (Å²) in [7, 11) is 0. The van der Waals surface area contributed by atoms with Crippen LogP contribution in [-0.2, 0) is 6.54 Å². The molecule has 1 heterocycles. The van der Waals surface area contributed by atoms with Crippen LogP contribution in [0.4, 0.5) is 18.0 Å². The van der Waals surface area contributed by atoms with Crippen molar-refractivity contribution in [2.75, 3.05) is 13.2 Å². The van der Waals surface area contributed by atoms with Crippen LogP contribution in [0.2, 0.25) is 0 Å².